The molecule has 0 bridgehead atoms. The van der Waals surface area contributed by atoms with Gasteiger partial charge in [-0.1, -0.05) is 12.1 Å². The molecule has 0 saturated carbocycles. The molecule has 0 atom stereocenters. The Morgan fingerprint density at radius 3 is 2.38 bits per heavy atom. The number of rotatable bonds is 1. The first-order valence-electron chi connectivity index (χ1n) is 6.92. The zero-order valence-corrected chi connectivity index (χ0v) is 12.9. The largest absolute Gasteiger partial charge is 0.383 e. The minimum atomic E-state index is -0.601. The molecule has 8 heteroatoms. The fraction of sp³-hybridized carbons (Fsp3) is 0.125. The number of aryl methyl sites for hydroxylation is 1. The Morgan fingerprint density at radius 1 is 1.17 bits per heavy atom. The molecule has 2 N–H and O–H groups in total. The summed E-state index contributed by atoms with van der Waals surface area (Å²) < 4.78 is 15.3. The molecule has 1 aromatic carbocycles. The Morgan fingerprint density at radius 2 is 1.79 bits per heavy atom. The number of halogens is 1. The SMILES string of the molecule is Cn1c(=O)c2c(-c3ccc(F)cc3)c(C#N)c(N)nc2n(C)c1=O. The van der Waals surface area contributed by atoms with Gasteiger partial charge < -0.3 is 5.73 Å². The van der Waals surface area contributed by atoms with Crippen LogP contribution in [0.3, 0.4) is 0 Å². The molecule has 0 aliphatic heterocycles. The topological polar surface area (TPSA) is 107 Å². The molecule has 0 fully saturated rings. The average molecular weight is 325 g/mol. The van der Waals surface area contributed by atoms with Crippen LogP contribution in [0.2, 0.25) is 0 Å². The molecule has 2 aromatic heterocycles. The minimum absolute atomic E-state index is 0.00450. The molecule has 3 aromatic rings. The summed E-state index contributed by atoms with van der Waals surface area (Å²) in [6.07, 6.45) is 0. The first-order valence-corrected chi connectivity index (χ1v) is 6.92. The van der Waals surface area contributed by atoms with Crippen molar-refractivity contribution in [2.24, 2.45) is 14.1 Å². The number of anilines is 1. The molecular weight excluding hydrogens is 313 g/mol. The molecule has 0 aliphatic carbocycles. The summed E-state index contributed by atoms with van der Waals surface area (Å²) in [5.74, 6) is -0.559. The van der Waals surface area contributed by atoms with Crippen molar-refractivity contribution in [3.63, 3.8) is 0 Å². The van der Waals surface area contributed by atoms with Crippen molar-refractivity contribution in [3.8, 4) is 17.2 Å². The van der Waals surface area contributed by atoms with E-state index in [0.29, 0.717) is 5.56 Å². The lowest BCUT2D eigenvalue weighted by Crippen LogP contribution is -2.37. The molecule has 0 amide bonds. The van der Waals surface area contributed by atoms with E-state index in [0.717, 1.165) is 4.57 Å². The predicted molar refractivity (Wildman–Crippen MR) is 86.7 cm³/mol. The highest BCUT2D eigenvalue weighted by atomic mass is 19.1. The van der Waals surface area contributed by atoms with Crippen LogP contribution in [-0.2, 0) is 14.1 Å². The van der Waals surface area contributed by atoms with Crippen LogP contribution in [0, 0.1) is 17.1 Å². The van der Waals surface area contributed by atoms with Crippen LogP contribution in [0.15, 0.2) is 33.9 Å². The lowest BCUT2D eigenvalue weighted by Gasteiger charge is -2.13. The van der Waals surface area contributed by atoms with Crippen LogP contribution in [0.1, 0.15) is 5.56 Å². The predicted octanol–water partition coefficient (Wildman–Crippen LogP) is 0.892. The number of pyridine rings is 1. The minimum Gasteiger partial charge on any atom is -0.383 e. The second kappa shape index (κ2) is 5.31. The van der Waals surface area contributed by atoms with E-state index in [-0.39, 0.29) is 28.0 Å². The van der Waals surface area contributed by atoms with Gasteiger partial charge in [0.05, 0.1) is 5.39 Å². The van der Waals surface area contributed by atoms with Crippen molar-refractivity contribution in [2.75, 3.05) is 5.73 Å². The van der Waals surface area contributed by atoms with Crippen LogP contribution >= 0.6 is 0 Å². The van der Waals surface area contributed by atoms with Gasteiger partial charge in [0.2, 0.25) is 0 Å². The molecule has 0 aliphatic rings. The number of fused-ring (bicyclic) bond motifs is 1. The van der Waals surface area contributed by atoms with Crippen LogP contribution < -0.4 is 17.0 Å². The number of nitrogens with zero attached hydrogens (tertiary/aromatic N) is 4. The monoisotopic (exact) mass is 325 g/mol. The highest BCUT2D eigenvalue weighted by Gasteiger charge is 2.21. The Kier molecular flexibility index (Phi) is 3.41. The smallest absolute Gasteiger partial charge is 0.332 e. The maximum Gasteiger partial charge on any atom is 0.332 e. The molecule has 0 unspecified atom stereocenters. The van der Waals surface area contributed by atoms with Gasteiger partial charge in [0, 0.05) is 19.7 Å². The summed E-state index contributed by atoms with van der Waals surface area (Å²) in [5.41, 5.74) is 5.42. The second-order valence-corrected chi connectivity index (χ2v) is 5.27. The Labute approximate surface area is 135 Å². The number of benzene rings is 1. The summed E-state index contributed by atoms with van der Waals surface area (Å²) in [4.78, 5) is 28.8. The van der Waals surface area contributed by atoms with Gasteiger partial charge in [0.15, 0.2) is 5.65 Å². The summed E-state index contributed by atoms with van der Waals surface area (Å²) in [6, 6.07) is 7.24. The lowest BCUT2D eigenvalue weighted by molar-refractivity contribution is 0.628. The van der Waals surface area contributed by atoms with E-state index in [4.69, 9.17) is 5.73 Å². The summed E-state index contributed by atoms with van der Waals surface area (Å²) in [6.45, 7) is 0. The van der Waals surface area contributed by atoms with Gasteiger partial charge in [-0.15, -0.1) is 0 Å². The van der Waals surface area contributed by atoms with Crippen LogP contribution in [0.25, 0.3) is 22.2 Å². The van der Waals surface area contributed by atoms with E-state index in [1.807, 2.05) is 6.07 Å². The maximum atomic E-state index is 13.2. The molecule has 0 radical (unpaired) electrons. The van der Waals surface area contributed by atoms with Crippen molar-refractivity contribution < 1.29 is 4.39 Å². The molecule has 120 valence electrons. The Hall–Kier alpha value is -3.47. The van der Waals surface area contributed by atoms with Gasteiger partial charge in [-0.25, -0.2) is 14.2 Å². The summed E-state index contributed by atoms with van der Waals surface area (Å²) >= 11 is 0. The summed E-state index contributed by atoms with van der Waals surface area (Å²) in [5, 5.41) is 9.52. The van der Waals surface area contributed by atoms with E-state index in [1.165, 1.54) is 42.9 Å². The second-order valence-electron chi connectivity index (χ2n) is 5.27. The Balaban J connectivity index is 2.65. The van der Waals surface area contributed by atoms with Gasteiger partial charge in [-0.05, 0) is 17.7 Å². The quantitative estimate of drug-likeness (QED) is 0.715. The lowest BCUT2D eigenvalue weighted by atomic mass is 9.98. The number of hydrogen-bond donors (Lipinski definition) is 1. The highest BCUT2D eigenvalue weighted by Crippen LogP contribution is 2.31. The van der Waals surface area contributed by atoms with Gasteiger partial charge in [-0.3, -0.25) is 13.9 Å². The van der Waals surface area contributed by atoms with Crippen molar-refractivity contribution >= 4 is 16.9 Å². The van der Waals surface area contributed by atoms with Crippen molar-refractivity contribution in [1.29, 1.82) is 5.26 Å². The first-order chi connectivity index (χ1) is 11.4. The molecule has 24 heavy (non-hydrogen) atoms. The first kappa shape index (κ1) is 15.4. The van der Waals surface area contributed by atoms with Gasteiger partial charge in [-0.2, -0.15) is 5.26 Å². The standard InChI is InChI=1S/C16H12FN5O2/c1-21-14-12(15(23)22(2)16(21)24)11(10(7-18)13(19)20-14)8-3-5-9(17)6-4-8/h3-6H,1-2H3,(H2,19,20). The third-order valence-electron chi connectivity index (χ3n) is 3.86. The molecule has 7 nitrogen and oxygen atoms in total. The molecule has 0 saturated heterocycles. The van der Waals surface area contributed by atoms with E-state index < -0.39 is 17.1 Å². The van der Waals surface area contributed by atoms with Crippen molar-refractivity contribution in [3.05, 3.63) is 56.5 Å². The van der Waals surface area contributed by atoms with Crippen molar-refractivity contribution in [2.45, 2.75) is 0 Å². The number of aromatic nitrogens is 3. The van der Waals surface area contributed by atoms with Gasteiger partial charge >= 0.3 is 5.69 Å². The third-order valence-corrected chi connectivity index (χ3v) is 3.86. The molecule has 0 spiro atoms. The fourth-order valence-corrected chi connectivity index (χ4v) is 2.62. The number of nitriles is 1. The number of nitrogen functional groups attached to an aromatic ring is 1. The Bertz CT molecular complexity index is 1140. The normalized spacial score (nSPS) is 10.8. The molecular formula is C16H12FN5O2. The number of nitrogens with two attached hydrogens (primary N) is 1. The van der Waals surface area contributed by atoms with Crippen LogP contribution in [-0.4, -0.2) is 14.1 Å². The molecule has 2 heterocycles. The maximum absolute atomic E-state index is 13.2. The van der Waals surface area contributed by atoms with Crippen molar-refractivity contribution in [1.82, 2.24) is 14.1 Å². The van der Waals surface area contributed by atoms with Gasteiger partial charge in [0.25, 0.3) is 5.56 Å². The van der Waals surface area contributed by atoms with E-state index in [2.05, 4.69) is 4.98 Å². The zero-order valence-electron chi connectivity index (χ0n) is 12.9. The fourth-order valence-electron chi connectivity index (χ4n) is 2.62. The van der Waals surface area contributed by atoms with E-state index in [9.17, 15) is 19.2 Å². The van der Waals surface area contributed by atoms with E-state index >= 15 is 0 Å². The average Bonchev–Trinajstić information content (AvgIpc) is 2.57. The van der Waals surface area contributed by atoms with Crippen LogP contribution in [0.4, 0.5) is 10.2 Å². The highest BCUT2D eigenvalue weighted by molar-refractivity contribution is 5.97. The van der Waals surface area contributed by atoms with E-state index in [1.54, 1.807) is 0 Å². The third kappa shape index (κ3) is 2.06. The van der Waals surface area contributed by atoms with Gasteiger partial charge in [0.1, 0.15) is 23.3 Å². The number of hydrogen-bond acceptors (Lipinski definition) is 5. The van der Waals surface area contributed by atoms with Crippen LogP contribution in [0.5, 0.6) is 0 Å². The molecule has 3 rings (SSSR count). The zero-order chi connectivity index (χ0) is 17.6. The summed E-state index contributed by atoms with van der Waals surface area (Å²) in [7, 11) is 2.79.